The molecule has 0 aromatic heterocycles. The molecule has 2 N–H and O–H groups in total. The Labute approximate surface area is 103 Å². The number of hydrogen-bond acceptors (Lipinski definition) is 3. The van der Waals surface area contributed by atoms with E-state index in [1.165, 1.54) is 0 Å². The smallest absolute Gasteiger partial charge is 0.240 e. The zero-order valence-corrected chi connectivity index (χ0v) is 10.7. The van der Waals surface area contributed by atoms with Gasteiger partial charge in [0.2, 0.25) is 5.91 Å². The van der Waals surface area contributed by atoms with Gasteiger partial charge in [0.15, 0.2) is 0 Å². The zero-order valence-electron chi connectivity index (χ0n) is 10.7. The average Bonchev–Trinajstić information content (AvgIpc) is 2.33. The van der Waals surface area contributed by atoms with E-state index in [1.807, 2.05) is 11.8 Å². The summed E-state index contributed by atoms with van der Waals surface area (Å²) in [5, 5.41) is 13.3. The third kappa shape index (κ3) is 2.80. The molecule has 1 aliphatic carbocycles. The maximum Gasteiger partial charge on any atom is 0.240 e. The lowest BCUT2D eigenvalue weighted by Gasteiger charge is -2.42. The minimum absolute atomic E-state index is 0.0251. The van der Waals surface area contributed by atoms with Gasteiger partial charge in [-0.2, -0.15) is 0 Å². The van der Waals surface area contributed by atoms with Gasteiger partial charge in [-0.1, -0.05) is 19.8 Å². The number of aliphatic hydroxyl groups excluding tert-OH is 1. The van der Waals surface area contributed by atoms with Gasteiger partial charge in [0.05, 0.1) is 18.2 Å². The molecular formula is C13H24N2O2. The molecule has 1 saturated carbocycles. The third-order valence-electron chi connectivity index (χ3n) is 4.02. The summed E-state index contributed by atoms with van der Waals surface area (Å²) in [5.74, 6) is 0.198. The minimum Gasteiger partial charge on any atom is -0.391 e. The topological polar surface area (TPSA) is 52.6 Å². The molecule has 0 radical (unpaired) electrons. The van der Waals surface area contributed by atoms with Crippen molar-refractivity contribution in [2.75, 3.05) is 13.1 Å². The molecule has 0 bridgehead atoms. The molecule has 2 rings (SSSR count). The molecule has 3 unspecified atom stereocenters. The van der Waals surface area contributed by atoms with Crippen molar-refractivity contribution in [1.82, 2.24) is 10.2 Å². The first-order valence-corrected chi connectivity index (χ1v) is 6.96. The average molecular weight is 240 g/mol. The van der Waals surface area contributed by atoms with Crippen LogP contribution in [0.25, 0.3) is 0 Å². The van der Waals surface area contributed by atoms with Crippen LogP contribution in [0.5, 0.6) is 0 Å². The van der Waals surface area contributed by atoms with E-state index in [2.05, 4.69) is 5.32 Å². The van der Waals surface area contributed by atoms with Crippen LogP contribution in [0.3, 0.4) is 0 Å². The Kier molecular flexibility index (Phi) is 4.40. The molecule has 4 heteroatoms. The number of amides is 1. The highest BCUT2D eigenvalue weighted by molar-refractivity contribution is 5.83. The van der Waals surface area contributed by atoms with Crippen molar-refractivity contribution in [1.29, 1.82) is 0 Å². The van der Waals surface area contributed by atoms with Gasteiger partial charge in [-0.3, -0.25) is 4.79 Å². The first kappa shape index (κ1) is 12.8. The van der Waals surface area contributed by atoms with E-state index < -0.39 is 0 Å². The Morgan fingerprint density at radius 3 is 2.76 bits per heavy atom. The van der Waals surface area contributed by atoms with Crippen molar-refractivity contribution in [2.45, 2.75) is 63.6 Å². The standard InChI is InChI=1S/C13H24N2O2/c1-2-14-10-6-5-9-15(13(10)17)11-7-3-4-8-12(11)16/h10-12,14,16H,2-9H2,1H3. The van der Waals surface area contributed by atoms with Gasteiger partial charge in [0.1, 0.15) is 0 Å². The Morgan fingerprint density at radius 1 is 1.29 bits per heavy atom. The predicted octanol–water partition coefficient (Wildman–Crippen LogP) is 0.890. The number of nitrogens with one attached hydrogen (secondary N) is 1. The summed E-state index contributed by atoms with van der Waals surface area (Å²) in [5.41, 5.74) is 0. The van der Waals surface area contributed by atoms with Gasteiger partial charge in [-0.05, 0) is 32.2 Å². The SMILES string of the molecule is CCNC1CCCN(C2CCCCC2O)C1=O. The molecule has 2 aliphatic rings. The van der Waals surface area contributed by atoms with Gasteiger partial charge in [-0.25, -0.2) is 0 Å². The molecule has 17 heavy (non-hydrogen) atoms. The summed E-state index contributed by atoms with van der Waals surface area (Å²) in [6.45, 7) is 3.68. The van der Waals surface area contributed by atoms with E-state index in [0.29, 0.717) is 0 Å². The lowest BCUT2D eigenvalue weighted by molar-refractivity contribution is -0.142. The van der Waals surface area contributed by atoms with E-state index in [9.17, 15) is 9.90 Å². The number of piperidine rings is 1. The van der Waals surface area contributed by atoms with E-state index in [-0.39, 0.29) is 24.1 Å². The number of aliphatic hydroxyl groups is 1. The second-order valence-corrected chi connectivity index (χ2v) is 5.20. The van der Waals surface area contributed by atoms with E-state index >= 15 is 0 Å². The number of rotatable bonds is 3. The summed E-state index contributed by atoms with van der Waals surface area (Å²) in [6.07, 6.45) is 5.71. The Morgan fingerprint density at radius 2 is 2.06 bits per heavy atom. The first-order chi connectivity index (χ1) is 8.24. The van der Waals surface area contributed by atoms with E-state index in [0.717, 1.165) is 51.6 Å². The fourth-order valence-electron chi connectivity index (χ4n) is 3.12. The number of carbonyl (C=O) groups excluding carboxylic acids is 1. The Hall–Kier alpha value is -0.610. The number of carbonyl (C=O) groups is 1. The molecule has 4 nitrogen and oxygen atoms in total. The summed E-state index contributed by atoms with van der Waals surface area (Å²) in [6, 6.07) is 0.0422. The van der Waals surface area contributed by atoms with Crippen LogP contribution < -0.4 is 5.32 Å². The third-order valence-corrected chi connectivity index (χ3v) is 4.02. The molecule has 0 spiro atoms. The summed E-state index contributed by atoms with van der Waals surface area (Å²) >= 11 is 0. The quantitative estimate of drug-likeness (QED) is 0.770. The molecular weight excluding hydrogens is 216 g/mol. The fourth-order valence-corrected chi connectivity index (χ4v) is 3.12. The normalized spacial score (nSPS) is 35.1. The van der Waals surface area contributed by atoms with E-state index in [4.69, 9.17) is 0 Å². The zero-order chi connectivity index (χ0) is 12.3. The van der Waals surface area contributed by atoms with Crippen molar-refractivity contribution in [3.8, 4) is 0 Å². The molecule has 2 fully saturated rings. The summed E-state index contributed by atoms with van der Waals surface area (Å²) < 4.78 is 0. The first-order valence-electron chi connectivity index (χ1n) is 6.96. The van der Waals surface area contributed by atoms with Crippen molar-refractivity contribution in [2.24, 2.45) is 0 Å². The van der Waals surface area contributed by atoms with Crippen LogP contribution in [0.2, 0.25) is 0 Å². The van der Waals surface area contributed by atoms with Crippen molar-refractivity contribution >= 4 is 5.91 Å². The number of nitrogens with zero attached hydrogens (tertiary/aromatic N) is 1. The highest BCUT2D eigenvalue weighted by Crippen LogP contribution is 2.26. The lowest BCUT2D eigenvalue weighted by atomic mass is 9.89. The minimum atomic E-state index is -0.312. The van der Waals surface area contributed by atoms with Crippen molar-refractivity contribution in [3.63, 3.8) is 0 Å². The van der Waals surface area contributed by atoms with Crippen LogP contribution in [-0.4, -0.2) is 47.2 Å². The Balaban J connectivity index is 2.01. The van der Waals surface area contributed by atoms with Crippen LogP contribution in [0.15, 0.2) is 0 Å². The fraction of sp³-hybridized carbons (Fsp3) is 0.923. The predicted molar refractivity (Wildman–Crippen MR) is 66.7 cm³/mol. The van der Waals surface area contributed by atoms with Crippen LogP contribution in [0.4, 0.5) is 0 Å². The van der Waals surface area contributed by atoms with E-state index in [1.54, 1.807) is 0 Å². The maximum atomic E-state index is 12.3. The summed E-state index contributed by atoms with van der Waals surface area (Å²) in [4.78, 5) is 14.2. The van der Waals surface area contributed by atoms with Crippen LogP contribution in [-0.2, 0) is 4.79 Å². The van der Waals surface area contributed by atoms with Gasteiger partial charge < -0.3 is 15.3 Å². The number of likely N-dealkylation sites (N-methyl/N-ethyl adjacent to an activating group) is 1. The molecule has 1 heterocycles. The van der Waals surface area contributed by atoms with Gasteiger partial charge in [0.25, 0.3) is 0 Å². The number of hydrogen-bond donors (Lipinski definition) is 2. The Bertz CT molecular complexity index is 268. The highest BCUT2D eigenvalue weighted by atomic mass is 16.3. The highest BCUT2D eigenvalue weighted by Gasteiger charge is 2.36. The molecule has 1 aliphatic heterocycles. The maximum absolute atomic E-state index is 12.3. The molecule has 0 aromatic rings. The van der Waals surface area contributed by atoms with Gasteiger partial charge in [-0.15, -0.1) is 0 Å². The van der Waals surface area contributed by atoms with Crippen molar-refractivity contribution in [3.05, 3.63) is 0 Å². The summed E-state index contributed by atoms with van der Waals surface area (Å²) in [7, 11) is 0. The van der Waals surface area contributed by atoms with Crippen LogP contribution >= 0.6 is 0 Å². The molecule has 3 atom stereocenters. The monoisotopic (exact) mass is 240 g/mol. The molecule has 1 amide bonds. The van der Waals surface area contributed by atoms with Gasteiger partial charge >= 0.3 is 0 Å². The lowest BCUT2D eigenvalue weighted by Crippen LogP contribution is -2.57. The largest absolute Gasteiger partial charge is 0.391 e. The van der Waals surface area contributed by atoms with Gasteiger partial charge in [0, 0.05) is 6.54 Å². The molecule has 98 valence electrons. The van der Waals surface area contributed by atoms with Crippen LogP contribution in [0, 0.1) is 0 Å². The second kappa shape index (κ2) is 5.83. The second-order valence-electron chi connectivity index (χ2n) is 5.20. The van der Waals surface area contributed by atoms with Crippen molar-refractivity contribution < 1.29 is 9.90 Å². The molecule has 1 saturated heterocycles. The van der Waals surface area contributed by atoms with Crippen LogP contribution in [0.1, 0.15) is 45.4 Å². The molecule has 0 aromatic carbocycles. The number of likely N-dealkylation sites (tertiary alicyclic amines) is 1.